The molecular formula is C13H18FNO4S2. The summed E-state index contributed by atoms with van der Waals surface area (Å²) >= 11 is 1.49. The van der Waals surface area contributed by atoms with E-state index in [1.165, 1.54) is 25.7 Å². The van der Waals surface area contributed by atoms with Crippen molar-refractivity contribution in [3.05, 3.63) is 29.1 Å². The third-order valence-electron chi connectivity index (χ3n) is 3.23. The van der Waals surface area contributed by atoms with E-state index in [0.717, 1.165) is 16.4 Å². The van der Waals surface area contributed by atoms with Gasteiger partial charge >= 0.3 is 5.97 Å². The Kier molecular flexibility index (Phi) is 5.77. The van der Waals surface area contributed by atoms with E-state index < -0.39 is 21.8 Å². The monoisotopic (exact) mass is 335 g/mol. The first-order chi connectivity index (χ1) is 9.62. The van der Waals surface area contributed by atoms with Gasteiger partial charge in [0.2, 0.25) is 10.0 Å². The maximum absolute atomic E-state index is 13.8. The molecule has 0 aliphatic rings. The van der Waals surface area contributed by atoms with Crippen molar-refractivity contribution in [1.82, 2.24) is 4.31 Å². The highest BCUT2D eigenvalue weighted by atomic mass is 32.2. The summed E-state index contributed by atoms with van der Waals surface area (Å²) in [6.45, 7) is 3.06. The van der Waals surface area contributed by atoms with Crippen molar-refractivity contribution in [3.63, 3.8) is 0 Å². The highest BCUT2D eigenvalue weighted by Crippen LogP contribution is 2.25. The topological polar surface area (TPSA) is 74.7 Å². The van der Waals surface area contributed by atoms with Gasteiger partial charge in [-0.1, -0.05) is 0 Å². The van der Waals surface area contributed by atoms with Gasteiger partial charge < -0.3 is 5.11 Å². The second kappa shape index (κ2) is 6.76. The standard InChI is InChI=1S/C13H18FNO4S2/c1-8(7-20-4)15(3)21(18,19)12-6-10(13(16)17)5-11(14)9(12)2/h5-6,8H,7H2,1-4H3,(H,16,17). The van der Waals surface area contributed by atoms with Crippen LogP contribution in [0.4, 0.5) is 4.39 Å². The molecule has 0 radical (unpaired) electrons. The van der Waals surface area contributed by atoms with Crippen molar-refractivity contribution >= 4 is 27.8 Å². The molecule has 8 heteroatoms. The summed E-state index contributed by atoms with van der Waals surface area (Å²) in [5.74, 6) is -1.64. The van der Waals surface area contributed by atoms with Crippen molar-refractivity contribution in [1.29, 1.82) is 0 Å². The Bertz CT molecular complexity index is 646. The molecule has 118 valence electrons. The number of carboxylic acids is 1. The third-order valence-corrected chi connectivity index (χ3v) is 6.14. The van der Waals surface area contributed by atoms with E-state index >= 15 is 0 Å². The summed E-state index contributed by atoms with van der Waals surface area (Å²) in [6, 6.07) is 1.53. The smallest absolute Gasteiger partial charge is 0.335 e. The molecule has 0 aliphatic heterocycles. The number of thioether (sulfide) groups is 1. The minimum atomic E-state index is -3.95. The Balaban J connectivity index is 3.40. The second-order valence-electron chi connectivity index (χ2n) is 4.71. The number of halogens is 1. The van der Waals surface area contributed by atoms with Crippen molar-refractivity contribution in [2.75, 3.05) is 19.1 Å². The zero-order valence-corrected chi connectivity index (χ0v) is 13.9. The normalized spacial score (nSPS) is 13.4. The molecule has 0 aromatic heterocycles. The Hall–Kier alpha value is -1.12. The first-order valence-electron chi connectivity index (χ1n) is 6.13. The molecule has 5 nitrogen and oxygen atoms in total. The highest BCUT2D eigenvalue weighted by Gasteiger charge is 2.29. The minimum Gasteiger partial charge on any atom is -0.478 e. The summed E-state index contributed by atoms with van der Waals surface area (Å²) in [6.07, 6.45) is 1.85. The van der Waals surface area contributed by atoms with Crippen LogP contribution in [-0.2, 0) is 10.0 Å². The number of rotatable bonds is 6. The van der Waals surface area contributed by atoms with Crippen molar-refractivity contribution in [2.24, 2.45) is 0 Å². The fraction of sp³-hybridized carbons (Fsp3) is 0.462. The average molecular weight is 335 g/mol. The van der Waals surface area contributed by atoms with Crippen LogP contribution >= 0.6 is 11.8 Å². The molecule has 0 amide bonds. The number of aromatic carboxylic acids is 1. The lowest BCUT2D eigenvalue weighted by Crippen LogP contribution is -2.37. The van der Waals surface area contributed by atoms with Crippen molar-refractivity contribution in [2.45, 2.75) is 24.8 Å². The molecule has 1 aromatic rings. The van der Waals surface area contributed by atoms with Gasteiger partial charge in [0.25, 0.3) is 0 Å². The average Bonchev–Trinajstić information content (AvgIpc) is 2.40. The van der Waals surface area contributed by atoms with E-state index in [1.807, 2.05) is 6.26 Å². The van der Waals surface area contributed by atoms with E-state index in [9.17, 15) is 17.6 Å². The van der Waals surface area contributed by atoms with E-state index in [-0.39, 0.29) is 22.1 Å². The van der Waals surface area contributed by atoms with Crippen LogP contribution in [-0.4, -0.2) is 48.9 Å². The fourth-order valence-corrected chi connectivity index (χ4v) is 4.20. The predicted molar refractivity (Wildman–Crippen MR) is 80.9 cm³/mol. The molecule has 0 aliphatic carbocycles. The van der Waals surface area contributed by atoms with Crippen LogP contribution in [0.3, 0.4) is 0 Å². The summed E-state index contributed by atoms with van der Waals surface area (Å²) in [4.78, 5) is 10.7. The lowest BCUT2D eigenvalue weighted by Gasteiger charge is -2.24. The van der Waals surface area contributed by atoms with Crippen LogP contribution in [0.25, 0.3) is 0 Å². The zero-order chi connectivity index (χ0) is 16.4. The first-order valence-corrected chi connectivity index (χ1v) is 8.96. The quantitative estimate of drug-likeness (QED) is 0.863. The molecular weight excluding hydrogens is 317 g/mol. The molecule has 0 spiro atoms. The Morgan fingerprint density at radius 3 is 2.52 bits per heavy atom. The van der Waals surface area contributed by atoms with Gasteiger partial charge in [-0.3, -0.25) is 0 Å². The molecule has 1 atom stereocenters. The van der Waals surface area contributed by atoms with Gasteiger partial charge in [0.05, 0.1) is 10.5 Å². The van der Waals surface area contributed by atoms with Crippen LogP contribution in [0.15, 0.2) is 17.0 Å². The maximum atomic E-state index is 13.8. The minimum absolute atomic E-state index is 0.0804. The molecule has 1 rings (SSSR count). The number of hydrogen-bond donors (Lipinski definition) is 1. The number of nitrogens with zero attached hydrogens (tertiary/aromatic N) is 1. The van der Waals surface area contributed by atoms with Crippen LogP contribution < -0.4 is 0 Å². The molecule has 1 N–H and O–H groups in total. The molecule has 0 saturated carbocycles. The largest absolute Gasteiger partial charge is 0.478 e. The molecule has 0 heterocycles. The van der Waals surface area contributed by atoms with E-state index in [4.69, 9.17) is 5.11 Å². The zero-order valence-electron chi connectivity index (χ0n) is 12.3. The molecule has 1 aromatic carbocycles. The Morgan fingerprint density at radius 1 is 1.48 bits per heavy atom. The van der Waals surface area contributed by atoms with Gasteiger partial charge in [0, 0.05) is 24.4 Å². The summed E-state index contributed by atoms with van der Waals surface area (Å²) in [5, 5.41) is 8.94. The first kappa shape index (κ1) is 17.9. The SMILES string of the molecule is CSCC(C)N(C)S(=O)(=O)c1cc(C(=O)O)cc(F)c1C. The lowest BCUT2D eigenvalue weighted by molar-refractivity contribution is 0.0696. The number of benzene rings is 1. The Morgan fingerprint density at radius 2 is 2.05 bits per heavy atom. The summed E-state index contributed by atoms with van der Waals surface area (Å²) in [5.41, 5.74) is -0.467. The van der Waals surface area contributed by atoms with E-state index in [0.29, 0.717) is 5.75 Å². The van der Waals surface area contributed by atoms with Gasteiger partial charge in [0.15, 0.2) is 0 Å². The van der Waals surface area contributed by atoms with Crippen LogP contribution in [0, 0.1) is 12.7 Å². The fourth-order valence-electron chi connectivity index (χ4n) is 1.78. The molecule has 21 heavy (non-hydrogen) atoms. The highest BCUT2D eigenvalue weighted by molar-refractivity contribution is 7.98. The van der Waals surface area contributed by atoms with Gasteiger partial charge in [0.1, 0.15) is 5.82 Å². The van der Waals surface area contributed by atoms with Gasteiger partial charge in [-0.2, -0.15) is 16.1 Å². The van der Waals surface area contributed by atoms with Gasteiger partial charge in [-0.15, -0.1) is 0 Å². The van der Waals surface area contributed by atoms with Crippen molar-refractivity contribution in [3.8, 4) is 0 Å². The molecule has 1 unspecified atom stereocenters. The Labute approximate surface area is 128 Å². The summed E-state index contributed by atoms with van der Waals surface area (Å²) < 4.78 is 40.0. The number of carboxylic acid groups (broad SMARTS) is 1. The van der Waals surface area contributed by atoms with Gasteiger partial charge in [-0.25, -0.2) is 17.6 Å². The van der Waals surface area contributed by atoms with Crippen LogP contribution in [0.2, 0.25) is 0 Å². The number of sulfonamides is 1. The molecule has 0 fully saturated rings. The maximum Gasteiger partial charge on any atom is 0.335 e. The molecule has 0 bridgehead atoms. The van der Waals surface area contributed by atoms with Gasteiger partial charge in [-0.05, 0) is 32.2 Å². The number of carbonyl (C=O) groups is 1. The van der Waals surface area contributed by atoms with Crippen molar-refractivity contribution < 1.29 is 22.7 Å². The van der Waals surface area contributed by atoms with Crippen LogP contribution in [0.5, 0.6) is 0 Å². The van der Waals surface area contributed by atoms with E-state index in [2.05, 4.69) is 0 Å². The van der Waals surface area contributed by atoms with E-state index in [1.54, 1.807) is 6.92 Å². The van der Waals surface area contributed by atoms with Crippen LogP contribution in [0.1, 0.15) is 22.8 Å². The summed E-state index contributed by atoms with van der Waals surface area (Å²) in [7, 11) is -2.55. The third kappa shape index (κ3) is 3.75. The number of hydrogen-bond acceptors (Lipinski definition) is 4. The molecule has 0 saturated heterocycles. The lowest BCUT2D eigenvalue weighted by atomic mass is 10.1. The second-order valence-corrected chi connectivity index (χ2v) is 7.59. The predicted octanol–water partition coefficient (Wildman–Crippen LogP) is 2.20.